The molecule has 0 spiro atoms. The average Bonchev–Trinajstić information content (AvgIpc) is 3.09. The van der Waals surface area contributed by atoms with Gasteiger partial charge < -0.3 is 15.0 Å². The molecule has 3 amide bonds. The summed E-state index contributed by atoms with van der Waals surface area (Å²) in [5.74, 6) is -1.39. The highest BCUT2D eigenvalue weighted by molar-refractivity contribution is 6.13. The summed E-state index contributed by atoms with van der Waals surface area (Å²) in [5.41, 5.74) is 1.82. The van der Waals surface area contributed by atoms with Crippen LogP contribution in [-0.2, 0) is 4.79 Å². The minimum Gasteiger partial charge on any atom is -0.478 e. The number of likely N-dealkylation sites (N-methyl/N-ethyl adjacent to an activating group) is 1. The van der Waals surface area contributed by atoms with Crippen LogP contribution in [0.4, 0.5) is 4.79 Å². The van der Waals surface area contributed by atoms with E-state index >= 15 is 0 Å². The van der Waals surface area contributed by atoms with Crippen molar-refractivity contribution in [2.75, 3.05) is 7.05 Å². The number of urea groups is 1. The minimum atomic E-state index is -0.992. The van der Waals surface area contributed by atoms with E-state index in [4.69, 9.17) is 5.11 Å². The molecule has 1 aliphatic rings. The molecule has 0 saturated carbocycles. The number of carboxylic acid groups (broad SMARTS) is 1. The Morgan fingerprint density at radius 3 is 2.43 bits per heavy atom. The van der Waals surface area contributed by atoms with Crippen molar-refractivity contribution in [3.05, 3.63) is 59.5 Å². The Kier molecular flexibility index (Phi) is 3.46. The summed E-state index contributed by atoms with van der Waals surface area (Å²) in [6, 6.07) is 9.47. The van der Waals surface area contributed by atoms with Crippen LogP contribution >= 0.6 is 0 Å². The second-order valence-electron chi connectivity index (χ2n) is 5.01. The smallest absolute Gasteiger partial charge is 0.335 e. The van der Waals surface area contributed by atoms with Gasteiger partial charge in [0.1, 0.15) is 5.70 Å². The maximum absolute atomic E-state index is 11.9. The third kappa shape index (κ3) is 2.59. The van der Waals surface area contributed by atoms with Gasteiger partial charge in [-0.3, -0.25) is 9.69 Å². The second-order valence-corrected chi connectivity index (χ2v) is 5.01. The van der Waals surface area contributed by atoms with E-state index < -0.39 is 17.9 Å². The van der Waals surface area contributed by atoms with Gasteiger partial charge in [-0.05, 0) is 42.5 Å². The zero-order valence-corrected chi connectivity index (χ0v) is 12.2. The molecule has 23 heavy (non-hydrogen) atoms. The first-order chi connectivity index (χ1) is 11.0. The third-order valence-electron chi connectivity index (χ3n) is 3.55. The third-order valence-corrected chi connectivity index (χ3v) is 3.55. The van der Waals surface area contributed by atoms with Crippen LogP contribution in [0.25, 0.3) is 11.8 Å². The molecule has 1 aromatic carbocycles. The summed E-state index contributed by atoms with van der Waals surface area (Å²) in [6.45, 7) is 0. The molecule has 1 aromatic heterocycles. The number of imide groups is 1. The molecule has 7 nitrogen and oxygen atoms in total. The molecule has 1 fully saturated rings. The number of hydrogen-bond donors (Lipinski definition) is 2. The van der Waals surface area contributed by atoms with Crippen molar-refractivity contribution >= 4 is 24.0 Å². The number of carbonyl (C=O) groups excluding carboxylic acids is 2. The zero-order valence-electron chi connectivity index (χ0n) is 12.2. The molecular formula is C16H13N3O4. The number of aromatic nitrogens is 1. The van der Waals surface area contributed by atoms with Crippen LogP contribution < -0.4 is 5.32 Å². The fourth-order valence-electron chi connectivity index (χ4n) is 2.28. The Morgan fingerprint density at radius 2 is 1.87 bits per heavy atom. The van der Waals surface area contributed by atoms with Crippen molar-refractivity contribution in [3.8, 4) is 5.69 Å². The molecule has 2 heterocycles. The van der Waals surface area contributed by atoms with Gasteiger partial charge in [0.15, 0.2) is 0 Å². The van der Waals surface area contributed by atoms with E-state index in [1.54, 1.807) is 41.1 Å². The SMILES string of the molecule is CN1C(=O)N/C(=C/c2cccn2-c2ccc(C(=O)O)cc2)C1=O. The predicted octanol–water partition coefficient (Wildman–Crippen LogP) is 1.70. The van der Waals surface area contributed by atoms with Gasteiger partial charge in [-0.15, -0.1) is 0 Å². The molecule has 1 aliphatic heterocycles. The summed E-state index contributed by atoms with van der Waals surface area (Å²) < 4.78 is 1.79. The Morgan fingerprint density at radius 1 is 1.17 bits per heavy atom. The van der Waals surface area contributed by atoms with Crippen molar-refractivity contribution in [2.24, 2.45) is 0 Å². The highest BCUT2D eigenvalue weighted by Crippen LogP contribution is 2.18. The van der Waals surface area contributed by atoms with E-state index in [1.165, 1.54) is 19.2 Å². The number of carbonyl (C=O) groups is 3. The fraction of sp³-hybridized carbons (Fsp3) is 0.0625. The van der Waals surface area contributed by atoms with E-state index in [-0.39, 0.29) is 11.3 Å². The van der Waals surface area contributed by atoms with E-state index in [2.05, 4.69) is 5.32 Å². The van der Waals surface area contributed by atoms with Crippen molar-refractivity contribution < 1.29 is 19.5 Å². The van der Waals surface area contributed by atoms with E-state index in [0.717, 1.165) is 10.6 Å². The van der Waals surface area contributed by atoms with Gasteiger partial charge in [-0.1, -0.05) is 0 Å². The standard InChI is InChI=1S/C16H13N3O4/c1-18-14(20)13(17-16(18)23)9-12-3-2-8-19(12)11-6-4-10(5-7-11)15(21)22/h2-9H,1H3,(H,17,23)(H,21,22)/b13-9+. The molecule has 116 valence electrons. The summed E-state index contributed by atoms with van der Waals surface area (Å²) in [4.78, 5) is 35.3. The lowest BCUT2D eigenvalue weighted by molar-refractivity contribution is -0.121. The quantitative estimate of drug-likeness (QED) is 0.666. The Hall–Kier alpha value is -3.35. The maximum Gasteiger partial charge on any atom is 0.335 e. The molecule has 0 atom stereocenters. The van der Waals surface area contributed by atoms with Gasteiger partial charge in [0.25, 0.3) is 5.91 Å². The Bertz CT molecular complexity index is 833. The van der Waals surface area contributed by atoms with E-state index in [9.17, 15) is 14.4 Å². The number of nitrogens with one attached hydrogen (secondary N) is 1. The van der Waals surface area contributed by atoms with E-state index in [1.807, 2.05) is 0 Å². The highest BCUT2D eigenvalue weighted by atomic mass is 16.4. The number of aromatic carboxylic acids is 1. The molecule has 2 aromatic rings. The first-order valence-electron chi connectivity index (χ1n) is 6.79. The van der Waals surface area contributed by atoms with Crippen LogP contribution in [0.2, 0.25) is 0 Å². The van der Waals surface area contributed by atoms with Gasteiger partial charge in [-0.2, -0.15) is 0 Å². The number of rotatable bonds is 3. The molecule has 0 unspecified atom stereocenters. The number of nitrogens with zero attached hydrogens (tertiary/aromatic N) is 2. The lowest BCUT2D eigenvalue weighted by Gasteiger charge is -2.07. The molecule has 7 heteroatoms. The average molecular weight is 311 g/mol. The molecule has 2 N–H and O–H groups in total. The molecular weight excluding hydrogens is 298 g/mol. The largest absolute Gasteiger partial charge is 0.478 e. The van der Waals surface area contributed by atoms with Crippen molar-refractivity contribution in [1.82, 2.24) is 14.8 Å². The van der Waals surface area contributed by atoms with Gasteiger partial charge in [-0.25, -0.2) is 9.59 Å². The highest BCUT2D eigenvalue weighted by Gasteiger charge is 2.30. The summed E-state index contributed by atoms with van der Waals surface area (Å²) in [6.07, 6.45) is 3.36. The van der Waals surface area contributed by atoms with Crippen LogP contribution in [0.5, 0.6) is 0 Å². The summed E-state index contributed by atoms with van der Waals surface area (Å²) >= 11 is 0. The normalized spacial score (nSPS) is 16.0. The van der Waals surface area contributed by atoms with Crippen LogP contribution in [0.3, 0.4) is 0 Å². The van der Waals surface area contributed by atoms with Gasteiger partial charge >= 0.3 is 12.0 Å². The molecule has 0 radical (unpaired) electrons. The van der Waals surface area contributed by atoms with Crippen LogP contribution in [0.1, 0.15) is 16.1 Å². The molecule has 0 aliphatic carbocycles. The molecule has 0 bridgehead atoms. The van der Waals surface area contributed by atoms with Crippen LogP contribution in [0, 0.1) is 0 Å². The van der Waals surface area contributed by atoms with Gasteiger partial charge in [0.2, 0.25) is 0 Å². The lowest BCUT2D eigenvalue weighted by atomic mass is 10.2. The topological polar surface area (TPSA) is 91.6 Å². The number of carboxylic acids is 1. The maximum atomic E-state index is 11.9. The predicted molar refractivity (Wildman–Crippen MR) is 82.0 cm³/mol. The summed E-state index contributed by atoms with van der Waals surface area (Å²) in [5, 5.41) is 11.4. The Balaban J connectivity index is 1.96. The van der Waals surface area contributed by atoms with Crippen molar-refractivity contribution in [3.63, 3.8) is 0 Å². The molecule has 1 saturated heterocycles. The fourth-order valence-corrected chi connectivity index (χ4v) is 2.28. The number of hydrogen-bond acceptors (Lipinski definition) is 3. The van der Waals surface area contributed by atoms with Gasteiger partial charge in [0.05, 0.1) is 5.56 Å². The minimum absolute atomic E-state index is 0.194. The van der Waals surface area contributed by atoms with Crippen LogP contribution in [-0.4, -0.2) is 39.5 Å². The van der Waals surface area contributed by atoms with E-state index in [0.29, 0.717) is 5.69 Å². The number of amides is 3. The first-order valence-corrected chi connectivity index (χ1v) is 6.79. The van der Waals surface area contributed by atoms with Crippen LogP contribution in [0.15, 0.2) is 48.3 Å². The van der Waals surface area contributed by atoms with Crippen molar-refractivity contribution in [2.45, 2.75) is 0 Å². The number of benzene rings is 1. The zero-order chi connectivity index (χ0) is 16.6. The monoisotopic (exact) mass is 311 g/mol. The lowest BCUT2D eigenvalue weighted by Crippen LogP contribution is -2.25. The molecule has 3 rings (SSSR count). The Labute approximate surface area is 131 Å². The first kappa shape index (κ1) is 14.6. The van der Waals surface area contributed by atoms with Gasteiger partial charge in [0, 0.05) is 24.6 Å². The second kappa shape index (κ2) is 5.45. The van der Waals surface area contributed by atoms with Crippen molar-refractivity contribution in [1.29, 1.82) is 0 Å². The summed E-state index contributed by atoms with van der Waals surface area (Å²) in [7, 11) is 1.40.